The topological polar surface area (TPSA) is 34.2 Å². The van der Waals surface area contributed by atoms with E-state index < -0.39 is 0 Å². The molecule has 2 aromatic rings. The van der Waals surface area contributed by atoms with E-state index in [1.54, 1.807) is 0 Å². The molecule has 2 rings (SSSR count). The standard InChI is InChI=1S/C16H25N3/c1-16(2,12-17)19(4)10-9-13-11-18(3)15-8-6-5-7-14(13)15/h5-8,11H,9-10,12,17H2,1-4H3. The van der Waals surface area contributed by atoms with Crippen molar-refractivity contribution in [2.45, 2.75) is 25.8 Å². The van der Waals surface area contributed by atoms with Crippen molar-refractivity contribution < 1.29 is 0 Å². The lowest BCUT2D eigenvalue weighted by atomic mass is 10.0. The fourth-order valence-corrected chi connectivity index (χ4v) is 2.37. The Morgan fingerprint density at radius 2 is 1.95 bits per heavy atom. The summed E-state index contributed by atoms with van der Waals surface area (Å²) in [5, 5.41) is 1.36. The molecule has 0 spiro atoms. The van der Waals surface area contributed by atoms with Gasteiger partial charge >= 0.3 is 0 Å². The van der Waals surface area contributed by atoms with Crippen molar-refractivity contribution in [3.63, 3.8) is 0 Å². The summed E-state index contributed by atoms with van der Waals surface area (Å²) in [5.74, 6) is 0. The van der Waals surface area contributed by atoms with Crippen molar-refractivity contribution >= 4 is 10.9 Å². The molecular weight excluding hydrogens is 234 g/mol. The molecule has 0 saturated carbocycles. The molecule has 1 aromatic carbocycles. The zero-order valence-corrected chi connectivity index (χ0v) is 12.5. The number of fused-ring (bicyclic) bond motifs is 1. The maximum Gasteiger partial charge on any atom is 0.0480 e. The molecule has 3 nitrogen and oxygen atoms in total. The molecule has 1 heterocycles. The van der Waals surface area contributed by atoms with Gasteiger partial charge in [0.25, 0.3) is 0 Å². The summed E-state index contributed by atoms with van der Waals surface area (Å²) < 4.78 is 2.21. The van der Waals surface area contributed by atoms with Crippen LogP contribution in [-0.4, -0.2) is 35.1 Å². The first kappa shape index (κ1) is 14.1. The van der Waals surface area contributed by atoms with Crippen molar-refractivity contribution in [2.24, 2.45) is 12.8 Å². The van der Waals surface area contributed by atoms with E-state index in [2.05, 4.69) is 67.9 Å². The van der Waals surface area contributed by atoms with Gasteiger partial charge in [0, 0.05) is 42.8 Å². The highest BCUT2D eigenvalue weighted by Gasteiger charge is 2.21. The Morgan fingerprint density at radius 1 is 1.26 bits per heavy atom. The molecule has 0 aliphatic heterocycles. The lowest BCUT2D eigenvalue weighted by Crippen LogP contribution is -2.47. The first-order chi connectivity index (χ1) is 8.95. The zero-order chi connectivity index (χ0) is 14.0. The molecule has 19 heavy (non-hydrogen) atoms. The molecule has 0 aliphatic carbocycles. The van der Waals surface area contributed by atoms with E-state index in [1.807, 2.05) is 0 Å². The van der Waals surface area contributed by atoms with E-state index >= 15 is 0 Å². The molecule has 0 bridgehead atoms. The van der Waals surface area contributed by atoms with Gasteiger partial charge in [-0.15, -0.1) is 0 Å². The van der Waals surface area contributed by atoms with Crippen molar-refractivity contribution in [2.75, 3.05) is 20.1 Å². The number of benzene rings is 1. The molecule has 0 unspecified atom stereocenters. The molecular formula is C16H25N3. The van der Waals surface area contributed by atoms with Crippen LogP contribution in [0.2, 0.25) is 0 Å². The van der Waals surface area contributed by atoms with E-state index in [1.165, 1.54) is 16.5 Å². The molecule has 0 fully saturated rings. The Kier molecular flexibility index (Phi) is 3.97. The fourth-order valence-electron chi connectivity index (χ4n) is 2.37. The first-order valence-corrected chi connectivity index (χ1v) is 6.90. The first-order valence-electron chi connectivity index (χ1n) is 6.90. The third kappa shape index (κ3) is 2.82. The molecule has 0 saturated heterocycles. The third-order valence-corrected chi connectivity index (χ3v) is 4.23. The Labute approximate surface area is 116 Å². The van der Waals surface area contributed by atoms with Gasteiger partial charge < -0.3 is 10.3 Å². The Bertz CT molecular complexity index is 554. The number of hydrogen-bond donors (Lipinski definition) is 1. The second-order valence-electron chi connectivity index (χ2n) is 5.97. The van der Waals surface area contributed by atoms with Gasteiger partial charge in [0.2, 0.25) is 0 Å². The van der Waals surface area contributed by atoms with Crippen LogP contribution in [0.1, 0.15) is 19.4 Å². The van der Waals surface area contributed by atoms with Crippen LogP contribution in [0.25, 0.3) is 10.9 Å². The van der Waals surface area contributed by atoms with Crippen LogP contribution >= 0.6 is 0 Å². The predicted octanol–water partition coefficient (Wildman–Crippen LogP) is 2.39. The van der Waals surface area contributed by atoms with Crippen LogP contribution in [0, 0.1) is 0 Å². The Morgan fingerprint density at radius 3 is 2.63 bits per heavy atom. The van der Waals surface area contributed by atoms with Gasteiger partial charge in [-0.1, -0.05) is 18.2 Å². The fraction of sp³-hybridized carbons (Fsp3) is 0.500. The molecule has 0 amide bonds. The summed E-state index contributed by atoms with van der Waals surface area (Å²) in [6.45, 7) is 6.09. The SMILES string of the molecule is CN(CCc1cn(C)c2ccccc12)C(C)(C)CN. The van der Waals surface area contributed by atoms with Crippen molar-refractivity contribution in [1.29, 1.82) is 0 Å². The Hall–Kier alpha value is -1.32. The van der Waals surface area contributed by atoms with Gasteiger partial charge in [-0.2, -0.15) is 0 Å². The number of para-hydroxylation sites is 1. The minimum Gasteiger partial charge on any atom is -0.350 e. The molecule has 2 N–H and O–H groups in total. The van der Waals surface area contributed by atoms with Crippen LogP contribution in [0.5, 0.6) is 0 Å². The number of nitrogens with two attached hydrogens (primary N) is 1. The van der Waals surface area contributed by atoms with Crippen molar-refractivity contribution in [1.82, 2.24) is 9.47 Å². The van der Waals surface area contributed by atoms with E-state index in [0.717, 1.165) is 13.0 Å². The molecule has 1 aromatic heterocycles. The smallest absolute Gasteiger partial charge is 0.0480 e. The maximum absolute atomic E-state index is 5.83. The highest BCUT2D eigenvalue weighted by atomic mass is 15.2. The zero-order valence-electron chi connectivity index (χ0n) is 12.5. The van der Waals surface area contributed by atoms with Crippen LogP contribution in [0.4, 0.5) is 0 Å². The van der Waals surface area contributed by atoms with Crippen molar-refractivity contribution in [3.05, 3.63) is 36.0 Å². The maximum atomic E-state index is 5.83. The minimum atomic E-state index is 0.0601. The van der Waals surface area contributed by atoms with Gasteiger partial charge in [-0.25, -0.2) is 0 Å². The predicted molar refractivity (Wildman–Crippen MR) is 82.4 cm³/mol. The monoisotopic (exact) mass is 259 g/mol. The lowest BCUT2D eigenvalue weighted by Gasteiger charge is -2.34. The summed E-state index contributed by atoms with van der Waals surface area (Å²) in [6.07, 6.45) is 3.30. The third-order valence-electron chi connectivity index (χ3n) is 4.23. The van der Waals surface area contributed by atoms with E-state index in [4.69, 9.17) is 5.73 Å². The number of nitrogens with zero attached hydrogens (tertiary/aromatic N) is 2. The largest absolute Gasteiger partial charge is 0.350 e. The molecule has 0 radical (unpaired) electrons. The van der Waals surface area contributed by atoms with Gasteiger partial charge in [0.15, 0.2) is 0 Å². The molecule has 0 aliphatic rings. The van der Waals surface area contributed by atoms with Gasteiger partial charge in [0.1, 0.15) is 0 Å². The number of likely N-dealkylation sites (N-methyl/N-ethyl adjacent to an activating group) is 1. The van der Waals surface area contributed by atoms with Gasteiger partial charge in [-0.3, -0.25) is 4.90 Å². The lowest BCUT2D eigenvalue weighted by molar-refractivity contribution is 0.166. The van der Waals surface area contributed by atoms with Crippen molar-refractivity contribution in [3.8, 4) is 0 Å². The summed E-state index contributed by atoms with van der Waals surface area (Å²) in [6, 6.07) is 8.58. The second kappa shape index (κ2) is 5.35. The average Bonchev–Trinajstić information content (AvgIpc) is 2.73. The molecule has 0 atom stereocenters. The van der Waals surface area contributed by atoms with Crippen LogP contribution in [-0.2, 0) is 13.5 Å². The highest BCUT2D eigenvalue weighted by molar-refractivity contribution is 5.83. The summed E-state index contributed by atoms with van der Waals surface area (Å²) in [7, 11) is 4.26. The summed E-state index contributed by atoms with van der Waals surface area (Å²) in [5.41, 5.74) is 8.60. The normalized spacial score (nSPS) is 12.5. The van der Waals surface area contributed by atoms with E-state index in [9.17, 15) is 0 Å². The van der Waals surface area contributed by atoms with Gasteiger partial charge in [0.05, 0.1) is 0 Å². The summed E-state index contributed by atoms with van der Waals surface area (Å²) >= 11 is 0. The van der Waals surface area contributed by atoms with Crippen LogP contribution in [0.15, 0.2) is 30.5 Å². The van der Waals surface area contributed by atoms with E-state index in [0.29, 0.717) is 6.54 Å². The quantitative estimate of drug-likeness (QED) is 0.894. The number of aryl methyl sites for hydroxylation is 1. The van der Waals surface area contributed by atoms with E-state index in [-0.39, 0.29) is 5.54 Å². The summed E-state index contributed by atoms with van der Waals surface area (Å²) in [4.78, 5) is 2.34. The number of rotatable bonds is 5. The number of aromatic nitrogens is 1. The molecule has 3 heteroatoms. The van der Waals surface area contributed by atoms with Crippen LogP contribution in [0.3, 0.4) is 0 Å². The average molecular weight is 259 g/mol. The highest BCUT2D eigenvalue weighted by Crippen LogP contribution is 2.21. The van der Waals surface area contributed by atoms with Crippen LogP contribution < -0.4 is 5.73 Å². The minimum absolute atomic E-state index is 0.0601. The number of hydrogen-bond acceptors (Lipinski definition) is 2. The second-order valence-corrected chi connectivity index (χ2v) is 5.97. The van der Waals surface area contributed by atoms with Gasteiger partial charge in [-0.05, 0) is 38.9 Å². The Balaban J connectivity index is 2.15. The molecule has 104 valence electrons.